The molecule has 0 unspecified atom stereocenters. The number of cyclic esters (lactones) is 1. The number of amides is 6. The Morgan fingerprint density at radius 3 is 2.38 bits per heavy atom. The summed E-state index contributed by atoms with van der Waals surface area (Å²) in [4.78, 5) is 110. The van der Waals surface area contributed by atoms with Crippen LogP contribution >= 0.6 is 0 Å². The van der Waals surface area contributed by atoms with Gasteiger partial charge in [0.05, 0.1) is 35.1 Å². The van der Waals surface area contributed by atoms with E-state index in [0.29, 0.717) is 91.3 Å². The number of hydrogen-bond donors (Lipinski definition) is 6. The van der Waals surface area contributed by atoms with Crippen LogP contribution < -0.4 is 32.6 Å². The Balaban J connectivity index is 0.974. The molecule has 4 aliphatic rings. The number of aromatic nitrogens is 2. The Hall–Kier alpha value is -6.34. The van der Waals surface area contributed by atoms with E-state index >= 15 is 4.39 Å². The quantitative estimate of drug-likeness (QED) is 0.0401. The van der Waals surface area contributed by atoms with Crippen molar-refractivity contribution in [3.63, 3.8) is 0 Å². The normalized spacial score (nSPS) is 18.8. The summed E-state index contributed by atoms with van der Waals surface area (Å²) >= 11 is 0. The first-order chi connectivity index (χ1) is 32.5. The molecule has 0 spiro atoms. The Kier molecular flexibility index (Phi) is 15.2. The number of pyridine rings is 2. The highest BCUT2D eigenvalue weighted by Crippen LogP contribution is 2.46. The highest BCUT2D eigenvalue weighted by atomic mass is 19.1. The van der Waals surface area contributed by atoms with E-state index in [0.717, 1.165) is 16.0 Å². The van der Waals surface area contributed by atoms with E-state index in [1.54, 1.807) is 33.8 Å². The van der Waals surface area contributed by atoms with Crippen LogP contribution in [0.4, 0.5) is 4.39 Å². The summed E-state index contributed by atoms with van der Waals surface area (Å²) in [7, 11) is 0. The SMILES string of the molecule is CC[C@@]1(O)C(=O)OCc2c1cc1n(c2=O)Cc2c-1nc1cc(F)c(C)c3c1c2[C@@H](NC(=O)CCCNC(=O)[C@H](CCCCN)NC(=O)[C@@H](NC(=O)CCCCCN1C(=O)C=CC1=O)C(C)C)CC3. The monoisotopic (exact) mass is 940 g/mol. The summed E-state index contributed by atoms with van der Waals surface area (Å²) in [5.41, 5.74) is 7.36. The van der Waals surface area contributed by atoms with Crippen molar-refractivity contribution >= 4 is 52.3 Å². The number of rotatable bonds is 21. The predicted octanol–water partition coefficient (Wildman–Crippen LogP) is 2.77. The third-order valence-electron chi connectivity index (χ3n) is 13.6. The summed E-state index contributed by atoms with van der Waals surface area (Å²) in [6.45, 7) is 7.49. The molecule has 0 saturated carbocycles. The molecule has 2 aromatic heterocycles. The smallest absolute Gasteiger partial charge is 0.343 e. The molecule has 364 valence electrons. The lowest BCUT2D eigenvalue weighted by molar-refractivity contribution is -0.172. The Bertz CT molecular complexity index is 2630. The number of nitrogens with one attached hydrogen (secondary N) is 4. The molecule has 4 atom stereocenters. The van der Waals surface area contributed by atoms with Crippen LogP contribution in [-0.2, 0) is 63.5 Å². The molecule has 0 bridgehead atoms. The Morgan fingerprint density at radius 1 is 0.941 bits per heavy atom. The molecule has 68 heavy (non-hydrogen) atoms. The van der Waals surface area contributed by atoms with Gasteiger partial charge in [0.25, 0.3) is 17.4 Å². The van der Waals surface area contributed by atoms with Crippen LogP contribution in [0.5, 0.6) is 0 Å². The lowest BCUT2D eigenvalue weighted by atomic mass is 9.81. The number of carbonyl (C=O) groups is 7. The number of nitrogens with zero attached hydrogens (tertiary/aromatic N) is 3. The van der Waals surface area contributed by atoms with Crippen molar-refractivity contribution in [3.05, 3.63) is 73.8 Å². The topological polar surface area (TPSA) is 261 Å². The second kappa shape index (κ2) is 20.9. The zero-order valence-corrected chi connectivity index (χ0v) is 39.1. The summed E-state index contributed by atoms with van der Waals surface area (Å²) in [6, 6.07) is 0.578. The van der Waals surface area contributed by atoms with Gasteiger partial charge in [-0.1, -0.05) is 27.2 Å². The molecule has 7 N–H and O–H groups in total. The number of hydrogen-bond acceptors (Lipinski definition) is 12. The van der Waals surface area contributed by atoms with Gasteiger partial charge in [0, 0.05) is 60.7 Å². The molecular formula is C49H61FN8O10. The minimum absolute atomic E-state index is 0.0261. The molecular weight excluding hydrogens is 880 g/mol. The number of aryl methyl sites for hydroxylation is 1. The number of aliphatic hydroxyl groups is 1. The number of ether oxygens (including phenoxy) is 1. The molecule has 0 radical (unpaired) electrons. The van der Waals surface area contributed by atoms with Crippen LogP contribution in [0.15, 0.2) is 29.1 Å². The highest BCUT2D eigenvalue weighted by Gasteiger charge is 2.46. The standard InChI is InChI=1S/C49H61FN8O10/c1-5-49(67)31-22-36-44-29(24-58(36)47(65)30(31)25-68-48(49)66)42-33(16-15-28-27(4)32(50)23-35(54-44)41(28)42)53-37(59)14-11-20-52-45(63)34(12-8-9-19-51)55-46(64)43(26(2)3)56-38(60)13-7-6-10-21-57-39(61)17-18-40(57)62/h17-18,22-23,26,33-34,43,67H,5-16,19-21,24-25,51H2,1-4H3,(H,52,63)(H,53,59)(H,55,64)(H,56,60)/t33-,34-,43-,49-/m0/s1. The molecule has 6 amide bonds. The van der Waals surface area contributed by atoms with Gasteiger partial charge in [-0.15, -0.1) is 0 Å². The first-order valence-corrected chi connectivity index (χ1v) is 23.7. The van der Waals surface area contributed by atoms with Gasteiger partial charge in [0.15, 0.2) is 5.60 Å². The average Bonchev–Trinajstić information content (AvgIpc) is 3.84. The van der Waals surface area contributed by atoms with Crippen LogP contribution in [0.25, 0.3) is 22.3 Å². The fourth-order valence-electron chi connectivity index (χ4n) is 9.74. The van der Waals surface area contributed by atoms with E-state index in [1.807, 2.05) is 0 Å². The lowest BCUT2D eigenvalue weighted by Gasteiger charge is -2.31. The maximum absolute atomic E-state index is 15.4. The predicted molar refractivity (Wildman–Crippen MR) is 247 cm³/mol. The lowest BCUT2D eigenvalue weighted by Crippen LogP contribution is -2.55. The minimum atomic E-state index is -2.03. The van der Waals surface area contributed by atoms with E-state index in [2.05, 4.69) is 21.3 Å². The van der Waals surface area contributed by atoms with Gasteiger partial charge in [-0.25, -0.2) is 14.2 Å². The summed E-state index contributed by atoms with van der Waals surface area (Å²) < 4.78 is 22.1. The summed E-state index contributed by atoms with van der Waals surface area (Å²) in [5, 5.41) is 23.7. The van der Waals surface area contributed by atoms with Crippen LogP contribution in [0.1, 0.15) is 131 Å². The van der Waals surface area contributed by atoms with Gasteiger partial charge in [-0.2, -0.15) is 0 Å². The largest absolute Gasteiger partial charge is 0.458 e. The van der Waals surface area contributed by atoms with Crippen molar-refractivity contribution in [1.82, 2.24) is 35.7 Å². The zero-order chi connectivity index (χ0) is 49.0. The number of halogens is 1. The third-order valence-corrected chi connectivity index (χ3v) is 13.6. The number of nitrogens with two attached hydrogens (primary N) is 1. The Labute approximate surface area is 393 Å². The third kappa shape index (κ3) is 9.95. The minimum Gasteiger partial charge on any atom is -0.458 e. The van der Waals surface area contributed by atoms with Crippen LogP contribution in [0.3, 0.4) is 0 Å². The van der Waals surface area contributed by atoms with Gasteiger partial charge < -0.3 is 41.4 Å². The zero-order valence-electron chi connectivity index (χ0n) is 39.1. The maximum atomic E-state index is 15.4. The van der Waals surface area contributed by atoms with E-state index in [1.165, 1.54) is 22.8 Å². The first kappa shape index (κ1) is 49.6. The van der Waals surface area contributed by atoms with E-state index in [-0.39, 0.29) is 92.6 Å². The first-order valence-electron chi connectivity index (χ1n) is 23.7. The number of benzene rings is 1. The summed E-state index contributed by atoms with van der Waals surface area (Å²) in [6.07, 6.45) is 6.86. The van der Waals surface area contributed by atoms with Crippen LogP contribution in [0.2, 0.25) is 0 Å². The molecule has 18 nitrogen and oxygen atoms in total. The molecule has 5 heterocycles. The highest BCUT2D eigenvalue weighted by molar-refractivity contribution is 6.12. The average molecular weight is 941 g/mol. The fourth-order valence-corrected chi connectivity index (χ4v) is 9.74. The van der Waals surface area contributed by atoms with E-state index in [4.69, 9.17) is 15.5 Å². The molecule has 3 aromatic rings. The van der Waals surface area contributed by atoms with Gasteiger partial charge in [0.1, 0.15) is 24.5 Å². The number of carbonyl (C=O) groups excluding carboxylic acids is 7. The van der Waals surface area contributed by atoms with Crippen molar-refractivity contribution in [2.45, 2.75) is 142 Å². The molecule has 7 rings (SSSR count). The summed E-state index contributed by atoms with van der Waals surface area (Å²) in [5.74, 6) is -3.87. The number of unbranched alkanes of at least 4 members (excludes halogenated alkanes) is 3. The van der Waals surface area contributed by atoms with Crippen LogP contribution in [-0.4, -0.2) is 92.7 Å². The number of esters is 1. The molecule has 3 aliphatic heterocycles. The van der Waals surface area contributed by atoms with E-state index in [9.17, 15) is 43.5 Å². The van der Waals surface area contributed by atoms with Crippen molar-refractivity contribution in [1.29, 1.82) is 0 Å². The number of imide groups is 1. The van der Waals surface area contributed by atoms with Gasteiger partial charge in [0.2, 0.25) is 23.6 Å². The van der Waals surface area contributed by atoms with E-state index < -0.39 is 52.9 Å². The molecule has 0 fully saturated rings. The maximum Gasteiger partial charge on any atom is 0.343 e. The van der Waals surface area contributed by atoms with Gasteiger partial charge in [-0.3, -0.25) is 38.5 Å². The second-order valence-electron chi connectivity index (χ2n) is 18.5. The van der Waals surface area contributed by atoms with Crippen molar-refractivity contribution < 1.29 is 47.8 Å². The number of fused-ring (bicyclic) bond motifs is 5. The van der Waals surface area contributed by atoms with Gasteiger partial charge in [-0.05, 0) is 99.9 Å². The van der Waals surface area contributed by atoms with Crippen molar-refractivity contribution in [3.8, 4) is 11.4 Å². The Morgan fingerprint density at radius 2 is 1.68 bits per heavy atom. The molecule has 1 aromatic carbocycles. The van der Waals surface area contributed by atoms with Crippen molar-refractivity contribution in [2.75, 3.05) is 19.6 Å². The van der Waals surface area contributed by atoms with Crippen molar-refractivity contribution in [2.24, 2.45) is 11.7 Å². The fraction of sp³-hybridized carbons (Fsp3) is 0.531. The molecule has 1 aliphatic carbocycles. The molecule has 0 saturated heterocycles. The second-order valence-corrected chi connectivity index (χ2v) is 18.5. The van der Waals surface area contributed by atoms with Gasteiger partial charge >= 0.3 is 5.97 Å². The van der Waals surface area contributed by atoms with Crippen LogP contribution in [0, 0.1) is 18.7 Å². The molecule has 19 heteroatoms.